The number of likely N-dealkylation sites (tertiary alicyclic amines) is 1. The van der Waals surface area contributed by atoms with Crippen LogP contribution in [0.5, 0.6) is 0 Å². The molecule has 19 heavy (non-hydrogen) atoms. The Morgan fingerprint density at radius 3 is 2.21 bits per heavy atom. The van der Waals surface area contributed by atoms with Crippen molar-refractivity contribution in [2.75, 3.05) is 19.6 Å². The SMILES string of the molecule is CC(C)(C)[C@H](N)C(=O)NCC(=O)N1CCCCC1.Cl. The lowest BCUT2D eigenvalue weighted by molar-refractivity contribution is -0.134. The fourth-order valence-electron chi connectivity index (χ4n) is 1.92. The van der Waals surface area contributed by atoms with Crippen LogP contribution in [0.3, 0.4) is 0 Å². The summed E-state index contributed by atoms with van der Waals surface area (Å²) in [6.45, 7) is 7.39. The summed E-state index contributed by atoms with van der Waals surface area (Å²) < 4.78 is 0. The molecule has 1 aliphatic rings. The molecule has 0 aliphatic carbocycles. The molecule has 0 aromatic carbocycles. The van der Waals surface area contributed by atoms with E-state index in [-0.39, 0.29) is 36.2 Å². The van der Waals surface area contributed by atoms with Crippen molar-refractivity contribution in [3.05, 3.63) is 0 Å². The highest BCUT2D eigenvalue weighted by Crippen LogP contribution is 2.17. The molecule has 0 aromatic rings. The molecule has 0 radical (unpaired) electrons. The molecule has 3 N–H and O–H groups in total. The molecule has 1 heterocycles. The Hall–Kier alpha value is -0.810. The fourth-order valence-corrected chi connectivity index (χ4v) is 1.92. The Labute approximate surface area is 121 Å². The number of halogens is 1. The maximum atomic E-state index is 11.8. The average Bonchev–Trinajstić information content (AvgIpc) is 2.34. The molecular formula is C13H26ClN3O2. The zero-order chi connectivity index (χ0) is 13.8. The van der Waals surface area contributed by atoms with Crippen molar-refractivity contribution in [3.63, 3.8) is 0 Å². The molecule has 0 unspecified atom stereocenters. The number of nitrogens with one attached hydrogen (secondary N) is 1. The van der Waals surface area contributed by atoms with Crippen LogP contribution in [-0.4, -0.2) is 42.4 Å². The second-order valence-corrected chi connectivity index (χ2v) is 6.00. The van der Waals surface area contributed by atoms with Crippen molar-refractivity contribution in [2.24, 2.45) is 11.1 Å². The van der Waals surface area contributed by atoms with E-state index in [0.29, 0.717) is 0 Å². The van der Waals surface area contributed by atoms with Gasteiger partial charge in [-0.1, -0.05) is 20.8 Å². The average molecular weight is 292 g/mol. The number of amides is 2. The Bertz CT molecular complexity index is 310. The quantitative estimate of drug-likeness (QED) is 0.811. The van der Waals surface area contributed by atoms with Gasteiger partial charge in [-0.3, -0.25) is 9.59 Å². The van der Waals surface area contributed by atoms with Crippen LogP contribution in [0.2, 0.25) is 0 Å². The summed E-state index contributed by atoms with van der Waals surface area (Å²) in [5, 5.41) is 2.63. The van der Waals surface area contributed by atoms with Gasteiger partial charge in [0.1, 0.15) is 0 Å². The zero-order valence-electron chi connectivity index (χ0n) is 12.1. The van der Waals surface area contributed by atoms with Gasteiger partial charge in [-0.2, -0.15) is 0 Å². The number of hydrogen-bond donors (Lipinski definition) is 2. The molecule has 6 heteroatoms. The fraction of sp³-hybridized carbons (Fsp3) is 0.846. The van der Waals surface area contributed by atoms with Crippen LogP contribution >= 0.6 is 12.4 Å². The van der Waals surface area contributed by atoms with Crippen LogP contribution in [0.4, 0.5) is 0 Å². The molecule has 1 saturated heterocycles. The Kier molecular flexibility index (Phi) is 7.37. The van der Waals surface area contributed by atoms with Crippen molar-refractivity contribution in [2.45, 2.75) is 46.1 Å². The lowest BCUT2D eigenvalue weighted by Gasteiger charge is -2.28. The second kappa shape index (κ2) is 7.70. The van der Waals surface area contributed by atoms with E-state index >= 15 is 0 Å². The molecule has 112 valence electrons. The van der Waals surface area contributed by atoms with E-state index in [1.54, 1.807) is 0 Å². The van der Waals surface area contributed by atoms with Gasteiger partial charge in [0, 0.05) is 13.1 Å². The minimum atomic E-state index is -0.591. The predicted octanol–water partition coefficient (Wildman–Crippen LogP) is 0.910. The number of piperidine rings is 1. The van der Waals surface area contributed by atoms with Gasteiger partial charge in [0.15, 0.2) is 0 Å². The zero-order valence-corrected chi connectivity index (χ0v) is 12.9. The summed E-state index contributed by atoms with van der Waals surface area (Å²) in [6, 6.07) is -0.591. The van der Waals surface area contributed by atoms with Crippen LogP contribution < -0.4 is 11.1 Å². The number of carbonyl (C=O) groups excluding carboxylic acids is 2. The summed E-state index contributed by atoms with van der Waals surface area (Å²) in [5.74, 6) is -0.267. The van der Waals surface area contributed by atoms with Crippen molar-refractivity contribution >= 4 is 24.2 Å². The molecule has 2 amide bonds. The topological polar surface area (TPSA) is 75.4 Å². The number of carbonyl (C=O) groups is 2. The summed E-state index contributed by atoms with van der Waals surface area (Å²) >= 11 is 0. The number of rotatable bonds is 3. The maximum Gasteiger partial charge on any atom is 0.241 e. The van der Waals surface area contributed by atoms with Crippen LogP contribution in [0.15, 0.2) is 0 Å². The second-order valence-electron chi connectivity index (χ2n) is 6.00. The third-order valence-corrected chi connectivity index (χ3v) is 3.34. The van der Waals surface area contributed by atoms with Crippen LogP contribution in [0.1, 0.15) is 40.0 Å². The highest BCUT2D eigenvalue weighted by Gasteiger charge is 2.28. The largest absolute Gasteiger partial charge is 0.346 e. The van der Waals surface area contributed by atoms with Gasteiger partial charge >= 0.3 is 0 Å². The predicted molar refractivity (Wildman–Crippen MR) is 78.1 cm³/mol. The van der Waals surface area contributed by atoms with E-state index in [1.807, 2.05) is 25.7 Å². The standard InChI is InChI=1S/C13H25N3O2.ClH/c1-13(2,3)11(14)12(18)15-9-10(17)16-7-5-4-6-8-16;/h11H,4-9,14H2,1-3H3,(H,15,18);1H/t11-;/m1./s1. The van der Waals surface area contributed by atoms with Gasteiger partial charge in [0.05, 0.1) is 12.6 Å². The molecule has 0 aromatic heterocycles. The lowest BCUT2D eigenvalue weighted by Crippen LogP contribution is -2.51. The van der Waals surface area contributed by atoms with Gasteiger partial charge in [-0.25, -0.2) is 0 Å². The van der Waals surface area contributed by atoms with Gasteiger partial charge in [-0.15, -0.1) is 12.4 Å². The Morgan fingerprint density at radius 1 is 1.21 bits per heavy atom. The van der Waals surface area contributed by atoms with Crippen molar-refractivity contribution in [1.29, 1.82) is 0 Å². The monoisotopic (exact) mass is 291 g/mol. The minimum absolute atomic E-state index is 0. The molecule has 1 fully saturated rings. The van der Waals surface area contributed by atoms with E-state index < -0.39 is 6.04 Å². The molecular weight excluding hydrogens is 266 g/mol. The molecule has 0 bridgehead atoms. The first-order chi connectivity index (χ1) is 8.32. The summed E-state index contributed by atoms with van der Waals surface area (Å²) in [4.78, 5) is 25.4. The van der Waals surface area contributed by atoms with E-state index in [2.05, 4.69) is 5.32 Å². The molecule has 0 saturated carbocycles. The van der Waals surface area contributed by atoms with Gasteiger partial charge in [0.25, 0.3) is 0 Å². The first kappa shape index (κ1) is 18.2. The molecule has 1 rings (SSSR count). The van der Waals surface area contributed by atoms with Crippen LogP contribution in [0, 0.1) is 5.41 Å². The van der Waals surface area contributed by atoms with E-state index in [1.165, 1.54) is 6.42 Å². The van der Waals surface area contributed by atoms with Crippen molar-refractivity contribution < 1.29 is 9.59 Å². The van der Waals surface area contributed by atoms with E-state index in [9.17, 15) is 9.59 Å². The summed E-state index contributed by atoms with van der Waals surface area (Å²) in [5.41, 5.74) is 5.53. The highest BCUT2D eigenvalue weighted by molar-refractivity contribution is 5.87. The van der Waals surface area contributed by atoms with Gasteiger partial charge in [0.2, 0.25) is 11.8 Å². The molecule has 5 nitrogen and oxygen atoms in total. The summed E-state index contributed by atoms with van der Waals surface area (Å²) in [6.07, 6.45) is 3.30. The Morgan fingerprint density at radius 2 is 1.74 bits per heavy atom. The number of nitrogens with two attached hydrogens (primary N) is 1. The summed E-state index contributed by atoms with van der Waals surface area (Å²) in [7, 11) is 0. The smallest absolute Gasteiger partial charge is 0.241 e. The maximum absolute atomic E-state index is 11.8. The number of nitrogens with zero attached hydrogens (tertiary/aromatic N) is 1. The molecule has 0 spiro atoms. The normalized spacial score (nSPS) is 17.4. The first-order valence-corrected chi connectivity index (χ1v) is 6.63. The third-order valence-electron chi connectivity index (χ3n) is 3.34. The molecule has 1 atom stereocenters. The highest BCUT2D eigenvalue weighted by atomic mass is 35.5. The van der Waals surface area contributed by atoms with Crippen LogP contribution in [-0.2, 0) is 9.59 Å². The first-order valence-electron chi connectivity index (χ1n) is 6.63. The third kappa shape index (κ3) is 5.78. The number of hydrogen-bond acceptors (Lipinski definition) is 3. The lowest BCUT2D eigenvalue weighted by atomic mass is 9.87. The molecule has 1 aliphatic heterocycles. The van der Waals surface area contributed by atoms with E-state index in [0.717, 1.165) is 25.9 Å². The van der Waals surface area contributed by atoms with Crippen LogP contribution in [0.25, 0.3) is 0 Å². The van der Waals surface area contributed by atoms with Crippen molar-refractivity contribution in [3.8, 4) is 0 Å². The van der Waals surface area contributed by atoms with Crippen molar-refractivity contribution in [1.82, 2.24) is 10.2 Å². The Balaban J connectivity index is 0.00000324. The van der Waals surface area contributed by atoms with Gasteiger partial charge in [-0.05, 0) is 24.7 Å². The minimum Gasteiger partial charge on any atom is -0.346 e. The van der Waals surface area contributed by atoms with Gasteiger partial charge < -0.3 is 16.0 Å². The van der Waals surface area contributed by atoms with E-state index in [4.69, 9.17) is 5.73 Å².